The van der Waals surface area contributed by atoms with Gasteiger partial charge in [-0.1, -0.05) is 54.6 Å². The highest BCUT2D eigenvalue weighted by Crippen LogP contribution is 2.20. The van der Waals surface area contributed by atoms with Crippen LogP contribution in [0.5, 0.6) is 0 Å². The van der Waals surface area contributed by atoms with Gasteiger partial charge in [0.2, 0.25) is 4.77 Å². The Bertz CT molecular complexity index is 1250. The molecule has 0 aliphatic carbocycles. The molecule has 4 aromatic rings. The van der Waals surface area contributed by atoms with Crippen molar-refractivity contribution in [3.63, 3.8) is 0 Å². The van der Waals surface area contributed by atoms with Crippen LogP contribution in [0.3, 0.4) is 0 Å². The summed E-state index contributed by atoms with van der Waals surface area (Å²) in [5, 5.41) is 14.0. The molecule has 3 aromatic carbocycles. The Labute approximate surface area is 172 Å². The lowest BCUT2D eigenvalue weighted by atomic mass is 10.0. The molecule has 0 saturated carbocycles. The molecule has 144 valence electrons. The summed E-state index contributed by atoms with van der Waals surface area (Å²) < 4.78 is 6.75. The number of carbonyl (C=O) groups excluding carboxylic acids is 1. The second kappa shape index (κ2) is 8.20. The number of hydrogen-bond acceptors (Lipinski definition) is 5. The Morgan fingerprint density at radius 3 is 2.69 bits per heavy atom. The maximum Gasteiger partial charge on any atom is 0.337 e. The number of aromatic amines is 1. The van der Waals surface area contributed by atoms with Crippen molar-refractivity contribution in [2.24, 2.45) is 5.10 Å². The molecule has 29 heavy (non-hydrogen) atoms. The number of hydrogen-bond donors (Lipinski definition) is 1. The van der Waals surface area contributed by atoms with E-state index in [0.29, 0.717) is 22.6 Å². The molecule has 1 heterocycles. The normalized spacial score (nSPS) is 11.2. The fourth-order valence-corrected chi connectivity index (χ4v) is 3.32. The van der Waals surface area contributed by atoms with E-state index in [0.717, 1.165) is 11.1 Å². The van der Waals surface area contributed by atoms with Crippen LogP contribution < -0.4 is 0 Å². The lowest BCUT2D eigenvalue weighted by Crippen LogP contribution is -2.02. The standard InChI is InChI=1S/C22H18N4O2S/c1-28-21(27)17-11-9-15(10-12-17)14-23-26-20(24-25-22(26)29)13-18-7-4-6-16-5-2-3-8-19(16)18/h2-12,14H,13H2,1H3,(H,25,29)/b23-14-. The SMILES string of the molecule is COC(=O)c1ccc(/C=N\n2c(Cc3cccc4ccccc34)n[nH]c2=S)cc1. The highest BCUT2D eigenvalue weighted by molar-refractivity contribution is 7.71. The molecule has 0 spiro atoms. The van der Waals surface area contributed by atoms with E-state index in [1.807, 2.05) is 18.2 Å². The molecule has 0 fully saturated rings. The number of rotatable bonds is 5. The molecule has 7 heteroatoms. The summed E-state index contributed by atoms with van der Waals surface area (Å²) in [6, 6.07) is 21.4. The summed E-state index contributed by atoms with van der Waals surface area (Å²) in [6.07, 6.45) is 2.27. The first kappa shape index (κ1) is 18.8. The van der Waals surface area contributed by atoms with Crippen molar-refractivity contribution in [1.82, 2.24) is 14.9 Å². The maximum absolute atomic E-state index is 11.5. The van der Waals surface area contributed by atoms with Crippen molar-refractivity contribution in [3.05, 3.63) is 94.0 Å². The van der Waals surface area contributed by atoms with E-state index in [2.05, 4.69) is 39.6 Å². The number of carbonyl (C=O) groups is 1. The predicted octanol–water partition coefficient (Wildman–Crippen LogP) is 4.35. The molecular weight excluding hydrogens is 384 g/mol. The minimum Gasteiger partial charge on any atom is -0.465 e. The topological polar surface area (TPSA) is 72.3 Å². The Balaban J connectivity index is 1.61. The van der Waals surface area contributed by atoms with E-state index in [1.165, 1.54) is 17.9 Å². The van der Waals surface area contributed by atoms with E-state index in [4.69, 9.17) is 17.0 Å². The van der Waals surface area contributed by atoms with Crippen molar-refractivity contribution in [1.29, 1.82) is 0 Å². The molecule has 0 aliphatic rings. The van der Waals surface area contributed by atoms with Gasteiger partial charge in [0, 0.05) is 6.42 Å². The predicted molar refractivity (Wildman–Crippen MR) is 115 cm³/mol. The van der Waals surface area contributed by atoms with Gasteiger partial charge < -0.3 is 4.74 Å². The summed E-state index contributed by atoms with van der Waals surface area (Å²) in [6.45, 7) is 0. The Hall–Kier alpha value is -3.58. The summed E-state index contributed by atoms with van der Waals surface area (Å²) in [7, 11) is 1.36. The van der Waals surface area contributed by atoms with Crippen LogP contribution in [0.4, 0.5) is 0 Å². The number of H-pyrrole nitrogens is 1. The number of methoxy groups -OCH3 is 1. The molecule has 0 unspecified atom stereocenters. The van der Waals surface area contributed by atoms with Gasteiger partial charge in [-0.3, -0.25) is 5.10 Å². The zero-order valence-electron chi connectivity index (χ0n) is 15.7. The number of ether oxygens (including phenoxy) is 1. The quantitative estimate of drug-likeness (QED) is 0.306. The smallest absolute Gasteiger partial charge is 0.337 e. The molecule has 0 atom stereocenters. The summed E-state index contributed by atoms with van der Waals surface area (Å²) in [4.78, 5) is 11.5. The van der Waals surface area contributed by atoms with Crippen molar-refractivity contribution < 1.29 is 9.53 Å². The number of fused-ring (bicyclic) bond motifs is 1. The molecule has 0 bridgehead atoms. The van der Waals surface area contributed by atoms with Crippen LogP contribution in [0.1, 0.15) is 27.3 Å². The van der Waals surface area contributed by atoms with Gasteiger partial charge in [0.25, 0.3) is 0 Å². The average Bonchev–Trinajstić information content (AvgIpc) is 3.11. The maximum atomic E-state index is 11.5. The minimum absolute atomic E-state index is 0.372. The number of nitrogens with zero attached hydrogens (tertiary/aromatic N) is 3. The lowest BCUT2D eigenvalue weighted by molar-refractivity contribution is 0.0600. The summed E-state index contributed by atoms with van der Waals surface area (Å²) in [5.74, 6) is 0.344. The van der Waals surface area contributed by atoms with Gasteiger partial charge in [-0.15, -0.1) is 0 Å². The number of aromatic nitrogens is 3. The van der Waals surface area contributed by atoms with E-state index in [-0.39, 0.29) is 5.97 Å². The molecule has 1 N–H and O–H groups in total. The van der Waals surface area contributed by atoms with E-state index in [9.17, 15) is 4.79 Å². The van der Waals surface area contributed by atoms with Crippen LogP contribution in [0.2, 0.25) is 0 Å². The van der Waals surface area contributed by atoms with Gasteiger partial charge >= 0.3 is 5.97 Å². The highest BCUT2D eigenvalue weighted by atomic mass is 32.1. The minimum atomic E-state index is -0.372. The van der Waals surface area contributed by atoms with Crippen LogP contribution in [-0.2, 0) is 11.2 Å². The van der Waals surface area contributed by atoms with Crippen LogP contribution in [-0.4, -0.2) is 34.2 Å². The average molecular weight is 402 g/mol. The second-order valence-corrected chi connectivity index (χ2v) is 6.82. The fourth-order valence-electron chi connectivity index (χ4n) is 3.12. The fraction of sp³-hybridized carbons (Fsp3) is 0.0909. The van der Waals surface area contributed by atoms with Crippen molar-refractivity contribution >= 4 is 35.2 Å². The Morgan fingerprint density at radius 1 is 1.14 bits per heavy atom. The van der Waals surface area contributed by atoms with Gasteiger partial charge in [-0.2, -0.15) is 14.9 Å². The molecule has 1 aromatic heterocycles. The van der Waals surface area contributed by atoms with Gasteiger partial charge in [0.15, 0.2) is 5.82 Å². The first-order valence-corrected chi connectivity index (χ1v) is 9.42. The number of benzene rings is 3. The van der Waals surface area contributed by atoms with Gasteiger partial charge in [-0.05, 0) is 46.2 Å². The van der Waals surface area contributed by atoms with Crippen LogP contribution in [0, 0.1) is 4.77 Å². The Morgan fingerprint density at radius 2 is 1.90 bits per heavy atom. The third kappa shape index (κ3) is 4.00. The van der Waals surface area contributed by atoms with Crippen LogP contribution in [0.15, 0.2) is 71.8 Å². The summed E-state index contributed by atoms with van der Waals surface area (Å²) >= 11 is 5.34. The molecule has 6 nitrogen and oxygen atoms in total. The van der Waals surface area contributed by atoms with Crippen LogP contribution in [0.25, 0.3) is 10.8 Å². The van der Waals surface area contributed by atoms with Crippen LogP contribution >= 0.6 is 12.2 Å². The first-order valence-electron chi connectivity index (χ1n) is 9.01. The largest absolute Gasteiger partial charge is 0.465 e. The lowest BCUT2D eigenvalue weighted by Gasteiger charge is -2.06. The monoisotopic (exact) mass is 402 g/mol. The van der Waals surface area contributed by atoms with Crippen molar-refractivity contribution in [2.45, 2.75) is 6.42 Å². The van der Waals surface area contributed by atoms with Crippen molar-refractivity contribution in [3.8, 4) is 0 Å². The Kier molecular flexibility index (Phi) is 5.31. The third-order valence-electron chi connectivity index (χ3n) is 4.60. The molecule has 0 amide bonds. The van der Waals surface area contributed by atoms with E-state index in [1.54, 1.807) is 35.2 Å². The number of esters is 1. The van der Waals surface area contributed by atoms with Crippen molar-refractivity contribution in [2.75, 3.05) is 7.11 Å². The third-order valence-corrected chi connectivity index (χ3v) is 4.86. The van der Waals surface area contributed by atoms with Gasteiger partial charge in [0.1, 0.15) is 0 Å². The second-order valence-electron chi connectivity index (χ2n) is 6.43. The number of nitrogens with one attached hydrogen (secondary N) is 1. The molecule has 0 radical (unpaired) electrons. The zero-order chi connectivity index (χ0) is 20.2. The molecule has 4 rings (SSSR count). The van der Waals surface area contributed by atoms with E-state index >= 15 is 0 Å². The first-order chi connectivity index (χ1) is 14.2. The molecule has 0 aliphatic heterocycles. The molecular formula is C22H18N4O2S. The zero-order valence-corrected chi connectivity index (χ0v) is 16.5. The summed E-state index contributed by atoms with van der Waals surface area (Å²) in [5.41, 5.74) is 2.47. The van der Waals surface area contributed by atoms with Gasteiger partial charge in [-0.25, -0.2) is 4.79 Å². The highest BCUT2D eigenvalue weighted by Gasteiger charge is 2.09. The van der Waals surface area contributed by atoms with E-state index < -0.39 is 0 Å². The molecule has 0 saturated heterocycles. The van der Waals surface area contributed by atoms with Gasteiger partial charge in [0.05, 0.1) is 18.9 Å².